The van der Waals surface area contributed by atoms with Crippen LogP contribution in [0.4, 0.5) is 0 Å². The first-order chi connectivity index (χ1) is 16.2. The molecule has 0 aliphatic carbocycles. The van der Waals surface area contributed by atoms with Gasteiger partial charge in [0.2, 0.25) is 0 Å². The summed E-state index contributed by atoms with van der Waals surface area (Å²) in [5, 5.41) is 3.39. The van der Waals surface area contributed by atoms with Gasteiger partial charge in [-0.2, -0.15) is 0 Å². The molecule has 0 aromatic heterocycles. The van der Waals surface area contributed by atoms with Crippen LogP contribution in [0.5, 0.6) is 5.75 Å². The number of imide groups is 1. The largest absolute Gasteiger partial charge is 0.490 e. The number of hydrogen-bond acceptors (Lipinski definition) is 4. The monoisotopic (exact) mass is 448 g/mol. The fourth-order valence-electron chi connectivity index (χ4n) is 4.31. The minimum absolute atomic E-state index is 0.187. The van der Waals surface area contributed by atoms with Crippen molar-refractivity contribution in [1.29, 1.82) is 0 Å². The van der Waals surface area contributed by atoms with Gasteiger partial charge in [-0.1, -0.05) is 30.3 Å². The van der Waals surface area contributed by atoms with Gasteiger partial charge in [-0.05, 0) is 44.0 Å². The number of carbonyl (C=O) groups is 2. The van der Waals surface area contributed by atoms with E-state index in [0.29, 0.717) is 24.2 Å². The van der Waals surface area contributed by atoms with Crippen LogP contribution in [0.3, 0.4) is 0 Å². The van der Waals surface area contributed by atoms with E-state index >= 15 is 0 Å². The Labute approximate surface area is 195 Å². The molecule has 2 heterocycles. The Hall–Kier alpha value is -3.35. The Morgan fingerprint density at radius 2 is 1.61 bits per heavy atom. The van der Waals surface area contributed by atoms with Crippen molar-refractivity contribution in [3.63, 3.8) is 0 Å². The second-order valence-electron chi connectivity index (χ2n) is 8.37. The number of ether oxygens (including phenoxy) is 1. The molecule has 7 heteroatoms. The molecule has 1 N–H and O–H groups in total. The first-order valence-corrected chi connectivity index (χ1v) is 11.9. The van der Waals surface area contributed by atoms with Crippen molar-refractivity contribution >= 4 is 17.8 Å². The van der Waals surface area contributed by atoms with Crippen LogP contribution in [0.1, 0.15) is 53.3 Å². The predicted molar refractivity (Wildman–Crippen MR) is 129 cm³/mol. The highest BCUT2D eigenvalue weighted by Gasteiger charge is 2.34. The number of piperidine rings is 1. The second-order valence-corrected chi connectivity index (χ2v) is 8.37. The Bertz CT molecular complexity index is 949. The van der Waals surface area contributed by atoms with E-state index in [9.17, 15) is 9.59 Å². The summed E-state index contributed by atoms with van der Waals surface area (Å²) in [5.41, 5.74) is 1.02. The number of rotatable bonds is 8. The van der Waals surface area contributed by atoms with Crippen LogP contribution in [0.25, 0.3) is 0 Å². The van der Waals surface area contributed by atoms with Crippen molar-refractivity contribution < 1.29 is 14.3 Å². The summed E-state index contributed by atoms with van der Waals surface area (Å²) in [5.74, 6) is 1.48. The maximum absolute atomic E-state index is 12.5. The van der Waals surface area contributed by atoms with Crippen molar-refractivity contribution in [2.45, 2.75) is 38.7 Å². The molecule has 33 heavy (non-hydrogen) atoms. The van der Waals surface area contributed by atoms with Gasteiger partial charge in [0.25, 0.3) is 11.8 Å². The molecule has 0 spiro atoms. The number of aliphatic imine (C=N–C) groups is 1. The molecule has 0 atom stereocenters. The normalized spacial score (nSPS) is 16.8. The SMILES string of the molecule is CCNC(=NCCCCN1C(=O)c2ccccc2C1=O)N1CCC(Oc2ccccc2)CC1. The number of unbranched alkanes of at least 4 members (excludes halogenated alkanes) is 1. The lowest BCUT2D eigenvalue weighted by atomic mass is 10.1. The number of benzene rings is 2. The van der Waals surface area contributed by atoms with Gasteiger partial charge < -0.3 is 15.0 Å². The first kappa shape index (κ1) is 22.8. The molecule has 174 valence electrons. The van der Waals surface area contributed by atoms with Gasteiger partial charge in [0.05, 0.1) is 11.1 Å². The first-order valence-electron chi connectivity index (χ1n) is 11.9. The van der Waals surface area contributed by atoms with E-state index in [1.807, 2.05) is 30.3 Å². The molecule has 2 amide bonds. The van der Waals surface area contributed by atoms with Crippen LogP contribution in [0.15, 0.2) is 59.6 Å². The van der Waals surface area contributed by atoms with Crippen molar-refractivity contribution in [3.05, 3.63) is 65.7 Å². The molecule has 2 aromatic carbocycles. The molecule has 1 fully saturated rings. The third-order valence-corrected chi connectivity index (χ3v) is 6.05. The van der Waals surface area contributed by atoms with Gasteiger partial charge in [-0.25, -0.2) is 0 Å². The number of nitrogens with zero attached hydrogens (tertiary/aromatic N) is 3. The molecule has 0 unspecified atom stereocenters. The van der Waals surface area contributed by atoms with Crippen molar-refractivity contribution in [3.8, 4) is 5.75 Å². The summed E-state index contributed by atoms with van der Waals surface area (Å²) < 4.78 is 6.10. The van der Waals surface area contributed by atoms with Crippen LogP contribution in [0.2, 0.25) is 0 Å². The van der Waals surface area contributed by atoms with E-state index in [4.69, 9.17) is 9.73 Å². The molecule has 2 aliphatic rings. The Morgan fingerprint density at radius 3 is 2.24 bits per heavy atom. The molecular weight excluding hydrogens is 416 g/mol. The molecule has 2 aromatic rings. The fraction of sp³-hybridized carbons (Fsp3) is 0.423. The average Bonchev–Trinajstić information content (AvgIpc) is 3.09. The van der Waals surface area contributed by atoms with Gasteiger partial charge in [0, 0.05) is 45.6 Å². The zero-order chi connectivity index (χ0) is 23.0. The summed E-state index contributed by atoms with van der Waals surface area (Å²) >= 11 is 0. The standard InChI is InChI=1S/C26H32N4O3/c1-2-27-26(29-18-14-21(15-19-29)33-20-10-4-3-5-11-20)28-16-8-9-17-30-24(31)22-12-6-7-13-23(22)25(30)32/h3-7,10-13,21H,2,8-9,14-19H2,1H3,(H,27,28). The van der Waals surface area contributed by atoms with E-state index in [0.717, 1.165) is 57.0 Å². The average molecular weight is 449 g/mol. The number of likely N-dealkylation sites (tertiary alicyclic amines) is 1. The van der Waals surface area contributed by atoms with Crippen LogP contribution in [-0.4, -0.2) is 66.4 Å². The molecule has 0 radical (unpaired) electrons. The van der Waals surface area contributed by atoms with Crippen LogP contribution in [0, 0.1) is 0 Å². The van der Waals surface area contributed by atoms with E-state index in [1.54, 1.807) is 24.3 Å². The lowest BCUT2D eigenvalue weighted by Gasteiger charge is -2.34. The number of hydrogen-bond donors (Lipinski definition) is 1. The third kappa shape index (κ3) is 5.53. The molecule has 4 rings (SSSR count). The zero-order valence-electron chi connectivity index (χ0n) is 19.2. The maximum Gasteiger partial charge on any atom is 0.261 e. The van der Waals surface area contributed by atoms with Crippen LogP contribution < -0.4 is 10.1 Å². The Kier molecular flexibility index (Phi) is 7.60. The zero-order valence-corrected chi connectivity index (χ0v) is 19.2. The second kappa shape index (κ2) is 11.0. The molecule has 1 saturated heterocycles. The molecular formula is C26H32N4O3. The van der Waals surface area contributed by atoms with Gasteiger partial charge in [0.1, 0.15) is 11.9 Å². The van der Waals surface area contributed by atoms with Gasteiger partial charge >= 0.3 is 0 Å². The summed E-state index contributed by atoms with van der Waals surface area (Å²) in [7, 11) is 0. The molecule has 2 aliphatic heterocycles. The van der Waals surface area contributed by atoms with E-state index in [-0.39, 0.29) is 17.9 Å². The lowest BCUT2D eigenvalue weighted by molar-refractivity contribution is 0.0652. The maximum atomic E-state index is 12.5. The van der Waals surface area contributed by atoms with Crippen LogP contribution >= 0.6 is 0 Å². The summed E-state index contributed by atoms with van der Waals surface area (Å²) in [6, 6.07) is 17.0. The highest BCUT2D eigenvalue weighted by Crippen LogP contribution is 2.23. The smallest absolute Gasteiger partial charge is 0.261 e. The van der Waals surface area contributed by atoms with E-state index < -0.39 is 0 Å². The summed E-state index contributed by atoms with van der Waals surface area (Å²) in [4.78, 5) is 33.4. The predicted octanol–water partition coefficient (Wildman–Crippen LogP) is 3.57. The molecule has 7 nitrogen and oxygen atoms in total. The van der Waals surface area contributed by atoms with Gasteiger partial charge in [0.15, 0.2) is 5.96 Å². The molecule has 0 bridgehead atoms. The number of nitrogens with one attached hydrogen (secondary N) is 1. The molecule has 0 saturated carbocycles. The third-order valence-electron chi connectivity index (χ3n) is 6.05. The topological polar surface area (TPSA) is 74.2 Å². The summed E-state index contributed by atoms with van der Waals surface area (Å²) in [6.07, 6.45) is 3.70. The van der Waals surface area contributed by atoms with Crippen molar-refractivity contribution in [2.24, 2.45) is 4.99 Å². The van der Waals surface area contributed by atoms with Gasteiger partial charge in [-0.15, -0.1) is 0 Å². The Morgan fingerprint density at radius 1 is 0.970 bits per heavy atom. The highest BCUT2D eigenvalue weighted by molar-refractivity contribution is 6.21. The fourth-order valence-corrected chi connectivity index (χ4v) is 4.31. The van der Waals surface area contributed by atoms with Crippen LogP contribution in [-0.2, 0) is 0 Å². The van der Waals surface area contributed by atoms with Gasteiger partial charge in [-0.3, -0.25) is 19.5 Å². The Balaban J connectivity index is 1.22. The minimum atomic E-state index is -0.187. The minimum Gasteiger partial charge on any atom is -0.490 e. The van der Waals surface area contributed by atoms with E-state index in [1.165, 1.54) is 4.90 Å². The van der Waals surface area contributed by atoms with Crippen molar-refractivity contribution in [1.82, 2.24) is 15.1 Å². The number of para-hydroxylation sites is 1. The lowest BCUT2D eigenvalue weighted by Crippen LogP contribution is -2.47. The van der Waals surface area contributed by atoms with E-state index in [2.05, 4.69) is 17.1 Å². The number of guanidine groups is 1. The quantitative estimate of drug-likeness (QED) is 0.289. The summed E-state index contributed by atoms with van der Waals surface area (Å²) in [6.45, 7) is 5.78. The van der Waals surface area contributed by atoms with Crippen molar-refractivity contribution in [2.75, 3.05) is 32.7 Å². The highest BCUT2D eigenvalue weighted by atomic mass is 16.5. The number of carbonyl (C=O) groups excluding carboxylic acids is 2. The number of fused-ring (bicyclic) bond motifs is 1. The number of amides is 2.